The van der Waals surface area contributed by atoms with Crippen molar-refractivity contribution >= 4 is 0 Å². The summed E-state index contributed by atoms with van der Waals surface area (Å²) < 4.78 is 5.22. The van der Waals surface area contributed by atoms with Gasteiger partial charge in [-0.05, 0) is 6.42 Å². The van der Waals surface area contributed by atoms with Crippen LogP contribution in [0.2, 0.25) is 0 Å². The summed E-state index contributed by atoms with van der Waals surface area (Å²) in [5, 5.41) is 3.32. The van der Waals surface area contributed by atoms with Gasteiger partial charge in [-0.15, -0.1) is 6.58 Å². The van der Waals surface area contributed by atoms with Crippen LogP contribution >= 0.6 is 0 Å². The maximum atomic E-state index is 5.22. The normalized spacial score (nSPS) is 27.8. The van der Waals surface area contributed by atoms with Crippen molar-refractivity contribution in [1.29, 1.82) is 0 Å². The molecule has 0 aromatic carbocycles. The summed E-state index contributed by atoms with van der Waals surface area (Å²) in [5.41, 5.74) is 0. The number of hydrogen-bond acceptors (Lipinski definition) is 2. The van der Waals surface area contributed by atoms with E-state index in [1.165, 1.54) is 0 Å². The van der Waals surface area contributed by atoms with Gasteiger partial charge >= 0.3 is 0 Å². The van der Waals surface area contributed by atoms with E-state index in [-0.39, 0.29) is 0 Å². The van der Waals surface area contributed by atoms with Crippen molar-refractivity contribution in [3.8, 4) is 0 Å². The third-order valence-corrected chi connectivity index (χ3v) is 1.45. The minimum absolute atomic E-state index is 0.510. The highest BCUT2D eigenvalue weighted by Gasteiger charge is 2.09. The lowest BCUT2D eigenvalue weighted by molar-refractivity contribution is 0.0778. The minimum atomic E-state index is 0.510. The minimum Gasteiger partial charge on any atom is -0.379 e. The largest absolute Gasteiger partial charge is 0.379 e. The molecule has 0 aromatic heterocycles. The summed E-state index contributed by atoms with van der Waals surface area (Å²) in [5.74, 6) is 0. The third kappa shape index (κ3) is 2.16. The highest BCUT2D eigenvalue weighted by molar-refractivity contribution is 4.79. The number of hydrogen-bond donors (Lipinski definition) is 1. The summed E-state index contributed by atoms with van der Waals surface area (Å²) in [6, 6.07) is 0.510. The molecular formula is C7H13NO. The number of ether oxygens (including phenoxy) is 1. The van der Waals surface area contributed by atoms with Gasteiger partial charge in [-0.3, -0.25) is 0 Å². The van der Waals surface area contributed by atoms with Crippen LogP contribution in [0, 0.1) is 0 Å². The van der Waals surface area contributed by atoms with Crippen LogP contribution in [0.15, 0.2) is 12.7 Å². The molecule has 0 spiro atoms. The molecule has 2 nitrogen and oxygen atoms in total. The molecule has 1 aliphatic rings. The summed E-state index contributed by atoms with van der Waals surface area (Å²) in [6.45, 7) is 6.34. The fraction of sp³-hybridized carbons (Fsp3) is 0.714. The standard InChI is InChI=1S/C7H13NO/c1-2-3-7-6-9-5-4-8-7/h2,7-8H,1,3-6H2/t7-/m1/s1. The van der Waals surface area contributed by atoms with E-state index in [2.05, 4.69) is 11.9 Å². The van der Waals surface area contributed by atoms with Gasteiger partial charge in [0, 0.05) is 12.6 Å². The molecule has 0 bridgehead atoms. The zero-order valence-corrected chi connectivity index (χ0v) is 5.60. The van der Waals surface area contributed by atoms with Crippen LogP contribution in [0.25, 0.3) is 0 Å². The lowest BCUT2D eigenvalue weighted by atomic mass is 10.2. The Bertz CT molecular complexity index is 86.9. The van der Waals surface area contributed by atoms with E-state index in [0.717, 1.165) is 26.2 Å². The van der Waals surface area contributed by atoms with E-state index in [1.54, 1.807) is 0 Å². The van der Waals surface area contributed by atoms with Gasteiger partial charge in [-0.2, -0.15) is 0 Å². The van der Waals surface area contributed by atoms with Crippen molar-refractivity contribution < 1.29 is 4.74 Å². The molecule has 1 aliphatic heterocycles. The Kier molecular flexibility index (Phi) is 2.74. The second-order valence-corrected chi connectivity index (χ2v) is 2.25. The fourth-order valence-electron chi connectivity index (χ4n) is 0.972. The predicted molar refractivity (Wildman–Crippen MR) is 37.4 cm³/mol. The molecule has 1 rings (SSSR count). The first-order chi connectivity index (χ1) is 4.43. The van der Waals surface area contributed by atoms with Crippen LogP contribution in [0.3, 0.4) is 0 Å². The van der Waals surface area contributed by atoms with Crippen molar-refractivity contribution in [2.45, 2.75) is 12.5 Å². The molecule has 0 aliphatic carbocycles. The Balaban J connectivity index is 2.15. The predicted octanol–water partition coefficient (Wildman–Crippen LogP) is 0.551. The molecule has 0 amide bonds. The van der Waals surface area contributed by atoms with Crippen molar-refractivity contribution in [1.82, 2.24) is 5.32 Å². The van der Waals surface area contributed by atoms with Crippen LogP contribution in [0.4, 0.5) is 0 Å². The molecule has 9 heavy (non-hydrogen) atoms. The smallest absolute Gasteiger partial charge is 0.0623 e. The second kappa shape index (κ2) is 3.64. The number of nitrogens with one attached hydrogen (secondary N) is 1. The monoisotopic (exact) mass is 127 g/mol. The Morgan fingerprint density at radius 1 is 1.78 bits per heavy atom. The van der Waals surface area contributed by atoms with Gasteiger partial charge in [0.2, 0.25) is 0 Å². The van der Waals surface area contributed by atoms with Crippen LogP contribution in [0.5, 0.6) is 0 Å². The van der Waals surface area contributed by atoms with Crippen LogP contribution in [0.1, 0.15) is 6.42 Å². The zero-order valence-electron chi connectivity index (χ0n) is 5.60. The summed E-state index contributed by atoms with van der Waals surface area (Å²) >= 11 is 0. The van der Waals surface area contributed by atoms with E-state index in [0.29, 0.717) is 6.04 Å². The summed E-state index contributed by atoms with van der Waals surface area (Å²) in [6.07, 6.45) is 2.94. The van der Waals surface area contributed by atoms with Gasteiger partial charge in [-0.1, -0.05) is 6.08 Å². The Labute approximate surface area is 55.9 Å². The van der Waals surface area contributed by atoms with E-state index in [1.807, 2.05) is 6.08 Å². The lowest BCUT2D eigenvalue weighted by Crippen LogP contribution is -2.40. The third-order valence-electron chi connectivity index (χ3n) is 1.45. The molecule has 0 radical (unpaired) electrons. The maximum absolute atomic E-state index is 5.22. The Morgan fingerprint density at radius 2 is 2.67 bits per heavy atom. The summed E-state index contributed by atoms with van der Waals surface area (Å²) in [7, 11) is 0. The van der Waals surface area contributed by atoms with E-state index in [9.17, 15) is 0 Å². The SMILES string of the molecule is C=CC[C@@H]1COCCN1. The van der Waals surface area contributed by atoms with Crippen LogP contribution in [-0.4, -0.2) is 25.8 Å². The first kappa shape index (κ1) is 6.78. The lowest BCUT2D eigenvalue weighted by Gasteiger charge is -2.22. The Hall–Kier alpha value is -0.340. The first-order valence-electron chi connectivity index (χ1n) is 3.35. The highest BCUT2D eigenvalue weighted by Crippen LogP contribution is 1.97. The number of morpholine rings is 1. The molecule has 0 unspecified atom stereocenters. The average Bonchev–Trinajstić information content (AvgIpc) is 1.91. The van der Waals surface area contributed by atoms with Crippen molar-refractivity contribution in [3.05, 3.63) is 12.7 Å². The molecule has 0 saturated carbocycles. The highest BCUT2D eigenvalue weighted by atomic mass is 16.5. The van der Waals surface area contributed by atoms with Gasteiger partial charge in [0.15, 0.2) is 0 Å². The topological polar surface area (TPSA) is 21.3 Å². The average molecular weight is 127 g/mol. The quantitative estimate of drug-likeness (QED) is 0.547. The van der Waals surface area contributed by atoms with Gasteiger partial charge in [0.1, 0.15) is 0 Å². The second-order valence-electron chi connectivity index (χ2n) is 2.25. The first-order valence-corrected chi connectivity index (χ1v) is 3.35. The molecule has 1 atom stereocenters. The molecule has 1 fully saturated rings. The van der Waals surface area contributed by atoms with E-state index < -0.39 is 0 Å². The van der Waals surface area contributed by atoms with Gasteiger partial charge in [-0.25, -0.2) is 0 Å². The molecule has 0 aromatic rings. The van der Waals surface area contributed by atoms with Crippen LogP contribution < -0.4 is 5.32 Å². The molecule has 2 heteroatoms. The molecule has 1 N–H and O–H groups in total. The van der Waals surface area contributed by atoms with Crippen LogP contribution in [-0.2, 0) is 4.74 Å². The molecular weight excluding hydrogens is 114 g/mol. The number of rotatable bonds is 2. The van der Waals surface area contributed by atoms with Gasteiger partial charge in [0.05, 0.1) is 13.2 Å². The van der Waals surface area contributed by atoms with Crippen molar-refractivity contribution in [3.63, 3.8) is 0 Å². The maximum Gasteiger partial charge on any atom is 0.0623 e. The van der Waals surface area contributed by atoms with E-state index >= 15 is 0 Å². The molecule has 1 saturated heterocycles. The molecule has 1 heterocycles. The zero-order chi connectivity index (χ0) is 6.53. The van der Waals surface area contributed by atoms with Crippen molar-refractivity contribution in [2.75, 3.05) is 19.8 Å². The van der Waals surface area contributed by atoms with E-state index in [4.69, 9.17) is 4.74 Å². The fourth-order valence-corrected chi connectivity index (χ4v) is 0.972. The Morgan fingerprint density at radius 3 is 3.22 bits per heavy atom. The molecule has 52 valence electrons. The van der Waals surface area contributed by atoms with Crippen molar-refractivity contribution in [2.24, 2.45) is 0 Å². The summed E-state index contributed by atoms with van der Waals surface area (Å²) in [4.78, 5) is 0. The van der Waals surface area contributed by atoms with Gasteiger partial charge < -0.3 is 10.1 Å². The van der Waals surface area contributed by atoms with Gasteiger partial charge in [0.25, 0.3) is 0 Å².